The molecule has 0 radical (unpaired) electrons. The predicted molar refractivity (Wildman–Crippen MR) is 124 cm³/mol. The molecule has 0 aliphatic carbocycles. The van der Waals surface area contributed by atoms with Crippen molar-refractivity contribution in [3.8, 4) is 22.8 Å². The summed E-state index contributed by atoms with van der Waals surface area (Å²) in [7, 11) is 0. The number of amides is 1. The van der Waals surface area contributed by atoms with Crippen molar-refractivity contribution >= 4 is 33.4 Å². The monoisotopic (exact) mass is 510 g/mol. The van der Waals surface area contributed by atoms with E-state index >= 15 is 0 Å². The number of hydrazone groups is 1. The number of nitrogens with zero attached hydrogens (tertiary/aromatic N) is 6. The average molecular weight is 511 g/mol. The average Bonchev–Trinajstić information content (AvgIpc) is 3.44. The molecule has 0 aliphatic rings. The van der Waals surface area contributed by atoms with Crippen LogP contribution in [0.15, 0.2) is 62.7 Å². The van der Waals surface area contributed by atoms with E-state index in [1.54, 1.807) is 31.2 Å². The molecule has 2 heterocycles. The van der Waals surface area contributed by atoms with Crippen LogP contribution in [0.25, 0.3) is 17.1 Å². The fourth-order valence-electron chi connectivity index (χ4n) is 3.00. The van der Waals surface area contributed by atoms with Crippen LogP contribution in [0, 0.1) is 0 Å². The van der Waals surface area contributed by atoms with E-state index in [0.717, 1.165) is 10.0 Å². The molecule has 11 nitrogen and oxygen atoms in total. The summed E-state index contributed by atoms with van der Waals surface area (Å²) in [5, 5.41) is 19.6. The van der Waals surface area contributed by atoms with E-state index in [4.69, 9.17) is 10.5 Å². The summed E-state index contributed by atoms with van der Waals surface area (Å²) in [4.78, 5) is 13.0. The zero-order valence-corrected chi connectivity index (χ0v) is 19.3. The van der Waals surface area contributed by atoms with E-state index in [0.29, 0.717) is 29.3 Å². The van der Waals surface area contributed by atoms with Gasteiger partial charge in [0.1, 0.15) is 11.4 Å². The molecule has 2 aromatic carbocycles. The fraction of sp³-hybridized carbons (Fsp3) is 0.143. The maximum absolute atomic E-state index is 13.0. The fourth-order valence-corrected chi connectivity index (χ4v) is 3.26. The Morgan fingerprint density at radius 1 is 1.18 bits per heavy atom. The van der Waals surface area contributed by atoms with Crippen molar-refractivity contribution in [2.24, 2.45) is 5.10 Å². The third kappa shape index (κ3) is 4.75. The molecule has 33 heavy (non-hydrogen) atoms. The number of carbonyl (C=O) groups excluding carboxylic acids is 1. The Hall–Kier alpha value is -4.06. The first-order chi connectivity index (χ1) is 16.0. The number of carbonyl (C=O) groups is 1. The highest BCUT2D eigenvalue weighted by Gasteiger charge is 2.25. The SMILES string of the molecule is CCOc1ccc(-c2c(C(=O)N/N=C(\C)c3ccc(Br)cc3)nnn2-c2nonc2N)cc1. The maximum Gasteiger partial charge on any atom is 0.294 e. The number of ether oxygens (including phenoxy) is 1. The molecule has 12 heteroatoms. The van der Waals surface area contributed by atoms with Crippen LogP contribution in [0.3, 0.4) is 0 Å². The Morgan fingerprint density at radius 3 is 2.55 bits per heavy atom. The van der Waals surface area contributed by atoms with Crippen LogP contribution in [-0.4, -0.2) is 43.5 Å². The van der Waals surface area contributed by atoms with Crippen molar-refractivity contribution in [3.63, 3.8) is 0 Å². The van der Waals surface area contributed by atoms with Crippen molar-refractivity contribution in [1.29, 1.82) is 0 Å². The van der Waals surface area contributed by atoms with Gasteiger partial charge in [-0.05, 0) is 66.1 Å². The highest BCUT2D eigenvalue weighted by atomic mass is 79.9. The number of hydrogen-bond acceptors (Lipinski definition) is 9. The number of rotatable bonds is 7. The molecule has 0 atom stereocenters. The number of benzene rings is 2. The molecule has 0 aliphatic heterocycles. The number of halogens is 1. The van der Waals surface area contributed by atoms with Gasteiger partial charge in [-0.25, -0.2) is 10.1 Å². The summed E-state index contributed by atoms with van der Waals surface area (Å²) < 4.78 is 12.4. The summed E-state index contributed by atoms with van der Waals surface area (Å²) >= 11 is 3.39. The minimum Gasteiger partial charge on any atom is -0.494 e. The Balaban J connectivity index is 1.69. The third-order valence-electron chi connectivity index (χ3n) is 4.61. The summed E-state index contributed by atoms with van der Waals surface area (Å²) in [6, 6.07) is 14.7. The van der Waals surface area contributed by atoms with Crippen LogP contribution in [-0.2, 0) is 0 Å². The van der Waals surface area contributed by atoms with Gasteiger partial charge in [-0.2, -0.15) is 9.78 Å². The van der Waals surface area contributed by atoms with Gasteiger partial charge >= 0.3 is 0 Å². The van der Waals surface area contributed by atoms with E-state index < -0.39 is 5.91 Å². The number of nitrogens with two attached hydrogens (primary N) is 1. The Labute approximate surface area is 196 Å². The van der Waals surface area contributed by atoms with Gasteiger partial charge in [0.15, 0.2) is 5.69 Å². The predicted octanol–water partition coefficient (Wildman–Crippen LogP) is 3.21. The topological polar surface area (TPSA) is 146 Å². The van der Waals surface area contributed by atoms with E-state index in [9.17, 15) is 4.79 Å². The first-order valence-corrected chi connectivity index (χ1v) is 10.6. The molecule has 0 fully saturated rings. The van der Waals surface area contributed by atoms with Crippen LogP contribution < -0.4 is 15.9 Å². The quantitative estimate of drug-likeness (QED) is 0.284. The van der Waals surface area contributed by atoms with Gasteiger partial charge < -0.3 is 10.5 Å². The summed E-state index contributed by atoms with van der Waals surface area (Å²) in [5.74, 6) is 0.239. The summed E-state index contributed by atoms with van der Waals surface area (Å²) in [6.07, 6.45) is 0. The number of aromatic nitrogens is 5. The highest BCUT2D eigenvalue weighted by Crippen LogP contribution is 2.28. The normalized spacial score (nSPS) is 11.4. The van der Waals surface area contributed by atoms with Crippen molar-refractivity contribution in [3.05, 3.63) is 64.3 Å². The Kier molecular flexibility index (Phi) is 6.45. The lowest BCUT2D eigenvalue weighted by Gasteiger charge is -2.08. The molecule has 4 aromatic rings. The summed E-state index contributed by atoms with van der Waals surface area (Å²) in [6.45, 7) is 4.21. The minimum absolute atomic E-state index is 0.00292. The van der Waals surface area contributed by atoms with Gasteiger partial charge in [0, 0.05) is 10.0 Å². The van der Waals surface area contributed by atoms with Crippen LogP contribution in [0.2, 0.25) is 0 Å². The molecule has 2 aromatic heterocycles. The molecule has 0 spiro atoms. The lowest BCUT2D eigenvalue weighted by atomic mass is 10.1. The Bertz CT molecular complexity index is 1300. The van der Waals surface area contributed by atoms with Crippen LogP contribution >= 0.6 is 15.9 Å². The second-order valence-corrected chi connectivity index (χ2v) is 7.69. The molecular weight excluding hydrogens is 492 g/mol. The number of anilines is 1. The smallest absolute Gasteiger partial charge is 0.294 e. The first kappa shape index (κ1) is 22.1. The van der Waals surface area contributed by atoms with E-state index in [2.05, 4.69) is 51.7 Å². The number of nitrogen functional groups attached to an aromatic ring is 1. The zero-order chi connectivity index (χ0) is 23.4. The molecule has 0 bridgehead atoms. The van der Waals surface area contributed by atoms with Gasteiger partial charge in [0.25, 0.3) is 5.91 Å². The minimum atomic E-state index is -0.559. The van der Waals surface area contributed by atoms with Crippen molar-refractivity contribution in [2.75, 3.05) is 12.3 Å². The third-order valence-corrected chi connectivity index (χ3v) is 5.14. The largest absolute Gasteiger partial charge is 0.494 e. The standard InChI is InChI=1S/C21H19BrN8O3/c1-3-32-16-10-6-14(7-11-16)18-17(25-29-30(18)20-19(23)27-33-28-20)21(31)26-24-12(2)13-4-8-15(22)9-5-13/h4-11H,3H2,1-2H3,(H2,23,27)(H,26,31)/b24-12+. The van der Waals surface area contributed by atoms with Crippen LogP contribution in [0.4, 0.5) is 5.82 Å². The van der Waals surface area contributed by atoms with E-state index in [1.165, 1.54) is 4.68 Å². The van der Waals surface area contributed by atoms with Crippen LogP contribution in [0.1, 0.15) is 29.9 Å². The second-order valence-electron chi connectivity index (χ2n) is 6.77. The molecule has 168 valence electrons. The zero-order valence-electron chi connectivity index (χ0n) is 17.7. The molecule has 0 saturated heterocycles. The number of hydrogen-bond donors (Lipinski definition) is 2. The second kappa shape index (κ2) is 9.61. The van der Waals surface area contributed by atoms with Gasteiger partial charge in [-0.1, -0.05) is 33.3 Å². The van der Waals surface area contributed by atoms with E-state index in [1.807, 2.05) is 31.2 Å². The molecular formula is C21H19BrN8O3. The van der Waals surface area contributed by atoms with Gasteiger partial charge in [0.05, 0.1) is 12.3 Å². The highest BCUT2D eigenvalue weighted by molar-refractivity contribution is 9.10. The van der Waals surface area contributed by atoms with Crippen LogP contribution in [0.5, 0.6) is 5.75 Å². The van der Waals surface area contributed by atoms with E-state index in [-0.39, 0.29) is 17.3 Å². The molecule has 0 unspecified atom stereocenters. The van der Waals surface area contributed by atoms with Gasteiger partial charge in [-0.3, -0.25) is 4.79 Å². The molecule has 1 amide bonds. The molecule has 4 rings (SSSR count). The Morgan fingerprint density at radius 2 is 1.91 bits per heavy atom. The van der Waals surface area contributed by atoms with Crippen molar-refractivity contribution < 1.29 is 14.2 Å². The lowest BCUT2D eigenvalue weighted by molar-refractivity contribution is 0.0950. The number of nitrogens with one attached hydrogen (secondary N) is 1. The summed E-state index contributed by atoms with van der Waals surface area (Å²) in [5.41, 5.74) is 10.8. The maximum atomic E-state index is 13.0. The first-order valence-electron chi connectivity index (χ1n) is 9.85. The molecule has 0 saturated carbocycles. The lowest BCUT2D eigenvalue weighted by Crippen LogP contribution is -2.21. The van der Waals surface area contributed by atoms with Crippen molar-refractivity contribution in [1.82, 2.24) is 30.7 Å². The van der Waals surface area contributed by atoms with Gasteiger partial charge in [0.2, 0.25) is 11.6 Å². The molecule has 3 N–H and O–H groups in total. The van der Waals surface area contributed by atoms with Gasteiger partial charge in [-0.15, -0.1) is 5.10 Å². The van der Waals surface area contributed by atoms with Crippen molar-refractivity contribution in [2.45, 2.75) is 13.8 Å².